The lowest BCUT2D eigenvalue weighted by atomic mass is 9.95. The Labute approximate surface area is 213 Å². The van der Waals surface area contributed by atoms with E-state index in [9.17, 15) is 36.3 Å². The van der Waals surface area contributed by atoms with Crippen LogP contribution in [0.5, 0.6) is 0 Å². The van der Waals surface area contributed by atoms with E-state index in [1.807, 2.05) is 30.3 Å². The molecule has 2 heterocycles. The topological polar surface area (TPSA) is 107 Å². The lowest BCUT2D eigenvalue weighted by Gasteiger charge is -2.46. The van der Waals surface area contributed by atoms with E-state index >= 15 is 0 Å². The summed E-state index contributed by atoms with van der Waals surface area (Å²) in [6.45, 7) is 1.29. The molecule has 200 valence electrons. The van der Waals surface area contributed by atoms with Crippen molar-refractivity contribution in [3.63, 3.8) is 0 Å². The van der Waals surface area contributed by atoms with Crippen LogP contribution in [-0.2, 0) is 32.2 Å². The van der Waals surface area contributed by atoms with Crippen LogP contribution in [0.4, 0.5) is 13.2 Å². The third-order valence-corrected chi connectivity index (χ3v) is 9.02. The van der Waals surface area contributed by atoms with E-state index in [-0.39, 0.29) is 32.4 Å². The van der Waals surface area contributed by atoms with Gasteiger partial charge in [-0.05, 0) is 43.4 Å². The Balaban J connectivity index is 1.62. The summed E-state index contributed by atoms with van der Waals surface area (Å²) in [6.07, 6.45) is -4.33. The maximum absolute atomic E-state index is 13.5. The molecule has 0 bridgehead atoms. The molecule has 37 heavy (non-hydrogen) atoms. The first kappa shape index (κ1) is 27.1. The summed E-state index contributed by atoms with van der Waals surface area (Å²) in [6, 6.07) is 11.4. The van der Waals surface area contributed by atoms with Gasteiger partial charge in [-0.25, -0.2) is 13.2 Å². The zero-order valence-electron chi connectivity index (χ0n) is 20.1. The number of hydrogen-bond acceptors (Lipinski definition) is 5. The Morgan fingerprint density at radius 2 is 1.70 bits per heavy atom. The van der Waals surface area contributed by atoms with E-state index in [2.05, 4.69) is 5.32 Å². The molecule has 8 nitrogen and oxygen atoms in total. The minimum Gasteiger partial charge on any atom is -0.480 e. The fraction of sp³-hybridized carbons (Fsp3) is 0.440. The molecule has 0 aromatic heterocycles. The first-order chi connectivity index (χ1) is 17.4. The van der Waals surface area contributed by atoms with Gasteiger partial charge < -0.3 is 10.0 Å². The number of nitrogens with zero attached hydrogens (tertiary/aromatic N) is 2. The number of benzene rings is 2. The van der Waals surface area contributed by atoms with Crippen LogP contribution < -0.4 is 5.32 Å². The summed E-state index contributed by atoms with van der Waals surface area (Å²) in [5.41, 5.74) is -1.51. The van der Waals surface area contributed by atoms with Gasteiger partial charge in [-0.1, -0.05) is 49.4 Å². The average Bonchev–Trinajstić information content (AvgIpc) is 3.10. The van der Waals surface area contributed by atoms with Gasteiger partial charge in [0, 0.05) is 13.1 Å². The van der Waals surface area contributed by atoms with E-state index in [4.69, 9.17) is 0 Å². The fourth-order valence-electron chi connectivity index (χ4n) is 5.29. The second-order valence-corrected chi connectivity index (χ2v) is 11.2. The van der Waals surface area contributed by atoms with Gasteiger partial charge in [-0.15, -0.1) is 0 Å². The molecule has 2 aromatic carbocycles. The molecule has 12 heteroatoms. The van der Waals surface area contributed by atoms with Gasteiger partial charge >= 0.3 is 12.1 Å². The fourth-order valence-corrected chi connectivity index (χ4v) is 6.94. The number of halogens is 3. The molecule has 2 fully saturated rings. The summed E-state index contributed by atoms with van der Waals surface area (Å²) < 4.78 is 68.0. The first-order valence-electron chi connectivity index (χ1n) is 11.9. The number of alkyl halides is 3. The summed E-state index contributed by atoms with van der Waals surface area (Å²) in [5, 5.41) is 13.1. The van der Waals surface area contributed by atoms with Gasteiger partial charge in [0.1, 0.15) is 6.04 Å². The van der Waals surface area contributed by atoms with E-state index in [0.29, 0.717) is 6.42 Å². The number of amides is 1. The molecule has 0 aliphatic carbocycles. The van der Waals surface area contributed by atoms with Crippen molar-refractivity contribution < 1.29 is 36.3 Å². The highest BCUT2D eigenvalue weighted by Gasteiger charge is 2.56. The minimum atomic E-state index is -4.85. The second-order valence-electron chi connectivity index (χ2n) is 9.29. The Kier molecular flexibility index (Phi) is 7.37. The van der Waals surface area contributed by atoms with Gasteiger partial charge in [0.15, 0.2) is 0 Å². The molecule has 2 saturated heterocycles. The molecule has 4 rings (SSSR count). The number of sulfonamides is 1. The van der Waals surface area contributed by atoms with Crippen LogP contribution >= 0.6 is 0 Å². The molecular weight excluding hydrogens is 511 g/mol. The Morgan fingerprint density at radius 1 is 1.11 bits per heavy atom. The molecule has 2 N–H and O–H groups in total. The number of carboxylic acids is 1. The van der Waals surface area contributed by atoms with Gasteiger partial charge in [-0.2, -0.15) is 17.5 Å². The summed E-state index contributed by atoms with van der Waals surface area (Å²) in [5.74, 6) is -1.57. The van der Waals surface area contributed by atoms with Crippen molar-refractivity contribution in [1.82, 2.24) is 14.5 Å². The van der Waals surface area contributed by atoms with Crippen LogP contribution in [0.1, 0.15) is 37.3 Å². The van der Waals surface area contributed by atoms with E-state index in [0.717, 1.165) is 28.1 Å². The highest BCUT2D eigenvalue weighted by Crippen LogP contribution is 2.39. The lowest BCUT2D eigenvalue weighted by Crippen LogP contribution is -2.63. The number of aliphatic carboxylic acids is 1. The van der Waals surface area contributed by atoms with Crippen molar-refractivity contribution in [1.29, 1.82) is 0 Å². The van der Waals surface area contributed by atoms with Crippen molar-refractivity contribution >= 4 is 21.9 Å². The average molecular weight is 540 g/mol. The third-order valence-electron chi connectivity index (χ3n) is 7.07. The molecule has 1 amide bonds. The van der Waals surface area contributed by atoms with Crippen LogP contribution in [0.3, 0.4) is 0 Å². The summed E-state index contributed by atoms with van der Waals surface area (Å²) >= 11 is 0. The monoisotopic (exact) mass is 539 g/mol. The first-order valence-corrected chi connectivity index (χ1v) is 13.4. The normalized spacial score (nSPS) is 21.4. The van der Waals surface area contributed by atoms with Crippen LogP contribution in [0.15, 0.2) is 59.5 Å². The van der Waals surface area contributed by atoms with Crippen molar-refractivity contribution in [2.75, 3.05) is 13.1 Å². The number of carboxylic acid groups (broad SMARTS) is 1. The number of hydrogen-bond donors (Lipinski definition) is 2. The zero-order valence-corrected chi connectivity index (χ0v) is 20.9. The van der Waals surface area contributed by atoms with E-state index in [1.165, 1.54) is 11.0 Å². The predicted molar refractivity (Wildman–Crippen MR) is 128 cm³/mol. The molecule has 0 radical (unpaired) electrons. The number of nitrogens with one attached hydrogen (secondary N) is 1. The molecule has 2 aliphatic heterocycles. The summed E-state index contributed by atoms with van der Waals surface area (Å²) in [4.78, 5) is 26.0. The van der Waals surface area contributed by atoms with Crippen molar-refractivity contribution in [2.45, 2.75) is 61.4 Å². The van der Waals surface area contributed by atoms with Crippen molar-refractivity contribution in [3.8, 4) is 0 Å². The minimum absolute atomic E-state index is 0.0290. The van der Waals surface area contributed by atoms with Crippen LogP contribution in [0, 0.1) is 0 Å². The zero-order chi connectivity index (χ0) is 27.0. The van der Waals surface area contributed by atoms with Crippen LogP contribution in [-0.4, -0.2) is 65.4 Å². The van der Waals surface area contributed by atoms with Crippen LogP contribution in [0.25, 0.3) is 0 Å². The Bertz CT molecular complexity index is 1260. The molecule has 2 aliphatic rings. The second kappa shape index (κ2) is 10.1. The molecule has 1 spiro atoms. The molecule has 0 saturated carbocycles. The Hall–Kier alpha value is -2.96. The van der Waals surface area contributed by atoms with Crippen molar-refractivity contribution in [3.05, 3.63) is 65.7 Å². The molecule has 2 atom stereocenters. The van der Waals surface area contributed by atoms with Gasteiger partial charge in [0.25, 0.3) is 0 Å². The molecule has 2 unspecified atom stereocenters. The number of carbonyl (C=O) groups excluding carboxylic acids is 1. The third kappa shape index (κ3) is 5.10. The highest BCUT2D eigenvalue weighted by molar-refractivity contribution is 7.89. The van der Waals surface area contributed by atoms with E-state index < -0.39 is 56.3 Å². The van der Waals surface area contributed by atoms with Crippen LogP contribution in [0.2, 0.25) is 0 Å². The highest BCUT2D eigenvalue weighted by atomic mass is 32.2. The largest absolute Gasteiger partial charge is 0.480 e. The van der Waals surface area contributed by atoms with Gasteiger partial charge in [0.05, 0.1) is 22.2 Å². The van der Waals surface area contributed by atoms with Crippen molar-refractivity contribution in [2.24, 2.45) is 0 Å². The molecule has 2 aromatic rings. The quantitative estimate of drug-likeness (QED) is 0.560. The van der Waals surface area contributed by atoms with Gasteiger partial charge in [0.2, 0.25) is 15.9 Å². The SMILES string of the molecule is CCC(C(=O)O)N1C(=O)C(Cc2ccccc2)NC12CCN(S(=O)(=O)c1ccccc1C(F)(F)F)CC2. The smallest absolute Gasteiger partial charge is 0.417 e. The summed E-state index contributed by atoms with van der Waals surface area (Å²) in [7, 11) is -4.49. The standard InChI is InChI=1S/C25H28F3N3O5S/c1-2-20(23(33)34)31-22(32)19(16-17-8-4-3-5-9-17)29-24(31)12-14-30(15-13-24)37(35,36)21-11-7-6-10-18(21)25(26,27)28/h3-11,19-20,29H,2,12-16H2,1H3,(H,33,34). The molecular formula is C25H28F3N3O5S. The van der Waals surface area contributed by atoms with E-state index in [1.54, 1.807) is 6.92 Å². The number of piperidine rings is 1. The maximum atomic E-state index is 13.5. The Morgan fingerprint density at radius 3 is 2.27 bits per heavy atom. The number of carbonyl (C=O) groups is 2. The maximum Gasteiger partial charge on any atom is 0.417 e. The van der Waals surface area contributed by atoms with Gasteiger partial charge in [-0.3, -0.25) is 10.1 Å². The lowest BCUT2D eigenvalue weighted by molar-refractivity contribution is -0.154. The number of rotatable bonds is 7. The predicted octanol–water partition coefficient (Wildman–Crippen LogP) is 3.09.